The first kappa shape index (κ1) is 20.1. The molecule has 0 heterocycles. The molecule has 27 heavy (non-hydrogen) atoms. The molecule has 0 fully saturated rings. The zero-order valence-electron chi connectivity index (χ0n) is 14.7. The van der Waals surface area contributed by atoms with Crippen LogP contribution < -0.4 is 10.1 Å². The summed E-state index contributed by atoms with van der Waals surface area (Å²) < 4.78 is 6.26. The number of nitro groups is 1. The van der Waals surface area contributed by atoms with Gasteiger partial charge in [0.2, 0.25) is 0 Å². The van der Waals surface area contributed by atoms with Crippen LogP contribution in [0.1, 0.15) is 18.1 Å². The van der Waals surface area contributed by atoms with Crippen LogP contribution in [0.25, 0.3) is 6.08 Å². The summed E-state index contributed by atoms with van der Waals surface area (Å²) in [6, 6.07) is 11.5. The molecule has 138 valence electrons. The molecule has 0 saturated heterocycles. The number of halogens is 1. The number of carbonyl (C=O) groups is 1. The van der Waals surface area contributed by atoms with E-state index in [1.807, 2.05) is 13.0 Å². The Morgan fingerprint density at radius 3 is 2.74 bits per heavy atom. The van der Waals surface area contributed by atoms with E-state index in [0.717, 1.165) is 4.47 Å². The fourth-order valence-corrected chi connectivity index (χ4v) is 2.69. The minimum absolute atomic E-state index is 0.0241. The molecule has 0 aliphatic heterocycles. The SMILES string of the molecule is CCOc1ccc(Br)cc1/C=C(\C#N)C(=O)Nc1ccc(C)cc1[N+](=O)[O-]. The lowest BCUT2D eigenvalue weighted by Crippen LogP contribution is -2.14. The molecule has 0 aromatic heterocycles. The van der Waals surface area contributed by atoms with E-state index in [0.29, 0.717) is 23.5 Å². The van der Waals surface area contributed by atoms with Crippen LogP contribution in [0.5, 0.6) is 5.75 Å². The molecule has 2 aromatic rings. The van der Waals surface area contributed by atoms with Crippen molar-refractivity contribution >= 4 is 39.3 Å². The van der Waals surface area contributed by atoms with E-state index < -0.39 is 10.8 Å². The molecule has 0 radical (unpaired) electrons. The fraction of sp³-hybridized carbons (Fsp3) is 0.158. The largest absolute Gasteiger partial charge is 0.493 e. The van der Waals surface area contributed by atoms with Gasteiger partial charge in [0.15, 0.2) is 0 Å². The van der Waals surface area contributed by atoms with Crippen molar-refractivity contribution in [3.8, 4) is 11.8 Å². The first-order chi connectivity index (χ1) is 12.8. The minimum atomic E-state index is -0.744. The van der Waals surface area contributed by atoms with Gasteiger partial charge in [0.25, 0.3) is 11.6 Å². The predicted molar refractivity (Wildman–Crippen MR) is 105 cm³/mol. The highest BCUT2D eigenvalue weighted by Gasteiger charge is 2.18. The summed E-state index contributed by atoms with van der Waals surface area (Å²) in [7, 11) is 0. The Hall–Kier alpha value is -3.18. The number of aryl methyl sites for hydroxylation is 1. The van der Waals surface area contributed by atoms with Crippen LogP contribution in [0.15, 0.2) is 46.4 Å². The number of ether oxygens (including phenoxy) is 1. The Bertz CT molecular complexity index is 964. The molecule has 0 spiro atoms. The second-order valence-electron chi connectivity index (χ2n) is 5.52. The molecule has 1 amide bonds. The smallest absolute Gasteiger partial charge is 0.293 e. The average Bonchev–Trinajstić information content (AvgIpc) is 2.63. The molecule has 2 rings (SSSR count). The zero-order chi connectivity index (χ0) is 20.0. The van der Waals surface area contributed by atoms with Crippen molar-refractivity contribution in [2.75, 3.05) is 11.9 Å². The van der Waals surface area contributed by atoms with Crippen LogP contribution in [-0.4, -0.2) is 17.4 Å². The van der Waals surface area contributed by atoms with Gasteiger partial charge in [0, 0.05) is 16.1 Å². The Morgan fingerprint density at radius 2 is 2.11 bits per heavy atom. The highest BCUT2D eigenvalue weighted by molar-refractivity contribution is 9.10. The predicted octanol–water partition coefficient (Wildman–Crippen LogP) is 4.61. The molecule has 8 heteroatoms. The van der Waals surface area contributed by atoms with Gasteiger partial charge in [-0.1, -0.05) is 22.0 Å². The molecule has 1 N–H and O–H groups in total. The van der Waals surface area contributed by atoms with Crippen molar-refractivity contribution in [2.45, 2.75) is 13.8 Å². The Morgan fingerprint density at radius 1 is 1.37 bits per heavy atom. The quantitative estimate of drug-likeness (QED) is 0.312. The van der Waals surface area contributed by atoms with Gasteiger partial charge in [-0.25, -0.2) is 0 Å². The summed E-state index contributed by atoms with van der Waals surface area (Å²) in [5.74, 6) is -0.227. The highest BCUT2D eigenvalue weighted by atomic mass is 79.9. The highest BCUT2D eigenvalue weighted by Crippen LogP contribution is 2.28. The van der Waals surface area contributed by atoms with Gasteiger partial charge in [-0.3, -0.25) is 14.9 Å². The number of rotatable bonds is 6. The van der Waals surface area contributed by atoms with Crippen molar-refractivity contribution in [3.05, 3.63) is 67.7 Å². The van der Waals surface area contributed by atoms with Gasteiger partial charge in [0.05, 0.1) is 11.5 Å². The Kier molecular flexibility index (Phi) is 6.68. The number of benzene rings is 2. The molecule has 0 bridgehead atoms. The monoisotopic (exact) mass is 429 g/mol. The first-order valence-corrected chi connectivity index (χ1v) is 8.75. The normalized spacial score (nSPS) is 10.8. The van der Waals surface area contributed by atoms with Crippen LogP contribution in [-0.2, 0) is 4.79 Å². The molecular weight excluding hydrogens is 414 g/mol. The van der Waals surface area contributed by atoms with Crippen molar-refractivity contribution < 1.29 is 14.5 Å². The Balaban J connectivity index is 2.38. The molecule has 0 unspecified atom stereocenters. The van der Waals surface area contributed by atoms with Gasteiger partial charge in [0.1, 0.15) is 23.1 Å². The van der Waals surface area contributed by atoms with E-state index in [4.69, 9.17) is 4.74 Å². The van der Waals surface area contributed by atoms with E-state index in [9.17, 15) is 20.2 Å². The molecular formula is C19H16BrN3O4. The fourth-order valence-electron chi connectivity index (χ4n) is 2.31. The van der Waals surface area contributed by atoms with E-state index in [1.165, 1.54) is 18.2 Å². The number of hydrogen-bond acceptors (Lipinski definition) is 5. The van der Waals surface area contributed by atoms with Crippen LogP contribution in [0.2, 0.25) is 0 Å². The maximum atomic E-state index is 12.5. The van der Waals surface area contributed by atoms with Crippen molar-refractivity contribution in [3.63, 3.8) is 0 Å². The van der Waals surface area contributed by atoms with Crippen molar-refractivity contribution in [1.82, 2.24) is 0 Å². The van der Waals surface area contributed by atoms with Gasteiger partial charge >= 0.3 is 0 Å². The second-order valence-corrected chi connectivity index (χ2v) is 6.43. The minimum Gasteiger partial charge on any atom is -0.493 e. The second kappa shape index (κ2) is 8.96. The van der Waals surface area contributed by atoms with Crippen LogP contribution in [0.4, 0.5) is 11.4 Å². The third-order valence-corrected chi connectivity index (χ3v) is 4.03. The Labute approximate surface area is 164 Å². The van der Waals surface area contributed by atoms with E-state index >= 15 is 0 Å². The molecule has 0 aliphatic rings. The molecule has 2 aromatic carbocycles. The van der Waals surface area contributed by atoms with Gasteiger partial charge < -0.3 is 10.1 Å². The lowest BCUT2D eigenvalue weighted by Gasteiger charge is -2.09. The van der Waals surface area contributed by atoms with Gasteiger partial charge in [-0.2, -0.15) is 5.26 Å². The maximum absolute atomic E-state index is 12.5. The standard InChI is InChI=1S/C19H16BrN3O4/c1-3-27-18-7-5-15(20)10-13(18)9-14(11-21)19(24)22-16-6-4-12(2)8-17(16)23(25)26/h4-10H,3H2,1-2H3,(H,22,24)/b14-9+. The third kappa shape index (κ3) is 5.15. The molecule has 0 saturated carbocycles. The number of carbonyl (C=O) groups excluding carboxylic acids is 1. The summed E-state index contributed by atoms with van der Waals surface area (Å²) in [4.78, 5) is 23.1. The zero-order valence-corrected chi connectivity index (χ0v) is 16.2. The van der Waals surface area contributed by atoms with Crippen molar-refractivity contribution in [2.24, 2.45) is 0 Å². The van der Waals surface area contributed by atoms with Crippen LogP contribution in [0.3, 0.4) is 0 Å². The van der Waals surface area contributed by atoms with Crippen LogP contribution >= 0.6 is 15.9 Å². The lowest BCUT2D eigenvalue weighted by molar-refractivity contribution is -0.384. The summed E-state index contributed by atoms with van der Waals surface area (Å²) in [6.07, 6.45) is 1.38. The van der Waals surface area contributed by atoms with E-state index in [-0.39, 0.29) is 16.9 Å². The summed E-state index contributed by atoms with van der Waals surface area (Å²) in [5.41, 5.74) is 0.806. The van der Waals surface area contributed by atoms with Gasteiger partial charge in [-0.15, -0.1) is 0 Å². The molecule has 0 aliphatic carbocycles. The number of nitro benzene ring substituents is 1. The number of nitrogens with one attached hydrogen (secondary N) is 1. The van der Waals surface area contributed by atoms with E-state index in [1.54, 1.807) is 31.2 Å². The topological polar surface area (TPSA) is 105 Å². The molecule has 7 nitrogen and oxygen atoms in total. The maximum Gasteiger partial charge on any atom is 0.293 e. The number of amides is 1. The first-order valence-electron chi connectivity index (χ1n) is 7.96. The average molecular weight is 430 g/mol. The summed E-state index contributed by atoms with van der Waals surface area (Å²) in [6.45, 7) is 3.96. The van der Waals surface area contributed by atoms with Gasteiger partial charge in [-0.05, 0) is 49.8 Å². The number of hydrogen-bond donors (Lipinski definition) is 1. The number of nitriles is 1. The molecule has 0 atom stereocenters. The number of nitrogens with zero attached hydrogens (tertiary/aromatic N) is 2. The summed E-state index contributed by atoms with van der Waals surface area (Å²) >= 11 is 3.34. The lowest BCUT2D eigenvalue weighted by atomic mass is 10.1. The third-order valence-electron chi connectivity index (χ3n) is 3.53. The summed E-state index contributed by atoms with van der Waals surface area (Å²) in [5, 5.41) is 23.0. The van der Waals surface area contributed by atoms with Crippen LogP contribution in [0, 0.1) is 28.4 Å². The van der Waals surface area contributed by atoms with Crippen molar-refractivity contribution in [1.29, 1.82) is 5.26 Å². The number of anilines is 1. The van der Waals surface area contributed by atoms with E-state index in [2.05, 4.69) is 21.2 Å².